The Kier molecular flexibility index (Phi) is 4.38. The lowest BCUT2D eigenvalue weighted by molar-refractivity contribution is -0.145. The highest BCUT2D eigenvalue weighted by atomic mass is 16.4. The van der Waals surface area contributed by atoms with E-state index in [4.69, 9.17) is 6.42 Å². The van der Waals surface area contributed by atoms with Crippen LogP contribution in [0.2, 0.25) is 0 Å². The SMILES string of the molecule is C#CCN(C)C(=O)N1CCCC(C)C1C(=O)O. The van der Waals surface area contributed by atoms with Crippen molar-refractivity contribution in [1.29, 1.82) is 0 Å². The van der Waals surface area contributed by atoms with Crippen LogP contribution in [0.15, 0.2) is 0 Å². The first-order valence-electron chi connectivity index (χ1n) is 5.67. The summed E-state index contributed by atoms with van der Waals surface area (Å²) in [4.78, 5) is 26.0. The first-order valence-corrected chi connectivity index (χ1v) is 5.67. The van der Waals surface area contributed by atoms with Gasteiger partial charge in [-0.05, 0) is 18.8 Å². The van der Waals surface area contributed by atoms with Gasteiger partial charge in [0.15, 0.2) is 0 Å². The van der Waals surface area contributed by atoms with Crippen LogP contribution < -0.4 is 0 Å². The van der Waals surface area contributed by atoms with Crippen LogP contribution >= 0.6 is 0 Å². The minimum atomic E-state index is -0.945. The molecule has 0 saturated carbocycles. The minimum absolute atomic E-state index is 0.0237. The zero-order valence-electron chi connectivity index (χ0n) is 10.2. The highest BCUT2D eigenvalue weighted by Crippen LogP contribution is 2.24. The number of hydrogen-bond donors (Lipinski definition) is 1. The van der Waals surface area contributed by atoms with Crippen molar-refractivity contribution in [3.05, 3.63) is 0 Å². The summed E-state index contributed by atoms with van der Waals surface area (Å²) in [5, 5.41) is 9.19. The molecule has 2 unspecified atom stereocenters. The van der Waals surface area contributed by atoms with Crippen LogP contribution in [-0.2, 0) is 4.79 Å². The highest BCUT2D eigenvalue weighted by molar-refractivity contribution is 5.83. The van der Waals surface area contributed by atoms with Crippen molar-refractivity contribution in [2.45, 2.75) is 25.8 Å². The Morgan fingerprint density at radius 2 is 2.24 bits per heavy atom. The molecule has 1 fully saturated rings. The van der Waals surface area contributed by atoms with Crippen molar-refractivity contribution in [1.82, 2.24) is 9.80 Å². The molecule has 1 N–H and O–H groups in total. The molecule has 2 amide bonds. The third kappa shape index (κ3) is 2.90. The van der Waals surface area contributed by atoms with E-state index >= 15 is 0 Å². The summed E-state index contributed by atoms with van der Waals surface area (Å²) in [5.41, 5.74) is 0. The molecule has 1 aliphatic rings. The fourth-order valence-electron chi connectivity index (χ4n) is 2.20. The molecule has 1 saturated heterocycles. The molecule has 94 valence electrons. The molecular weight excluding hydrogens is 220 g/mol. The van der Waals surface area contributed by atoms with E-state index in [-0.39, 0.29) is 18.5 Å². The largest absolute Gasteiger partial charge is 0.480 e. The topological polar surface area (TPSA) is 60.9 Å². The Hall–Kier alpha value is -1.70. The molecule has 1 heterocycles. The molecule has 0 aromatic heterocycles. The summed E-state index contributed by atoms with van der Waals surface area (Å²) in [6.45, 7) is 2.53. The molecule has 5 nitrogen and oxygen atoms in total. The van der Waals surface area contributed by atoms with Gasteiger partial charge >= 0.3 is 12.0 Å². The number of piperidine rings is 1. The zero-order valence-corrected chi connectivity index (χ0v) is 10.2. The van der Waals surface area contributed by atoms with Gasteiger partial charge in [0.25, 0.3) is 0 Å². The van der Waals surface area contributed by atoms with Gasteiger partial charge in [0.2, 0.25) is 0 Å². The molecule has 1 rings (SSSR count). The normalized spacial score (nSPS) is 23.9. The summed E-state index contributed by atoms with van der Waals surface area (Å²) < 4.78 is 0. The molecule has 0 aliphatic carbocycles. The van der Waals surface area contributed by atoms with Crippen molar-refractivity contribution >= 4 is 12.0 Å². The van der Waals surface area contributed by atoms with Gasteiger partial charge in [-0.1, -0.05) is 12.8 Å². The number of carbonyl (C=O) groups excluding carboxylic acids is 1. The number of amides is 2. The molecule has 1 aliphatic heterocycles. The van der Waals surface area contributed by atoms with Crippen LogP contribution in [0.5, 0.6) is 0 Å². The van der Waals surface area contributed by atoms with Gasteiger partial charge in [-0.15, -0.1) is 6.42 Å². The maximum atomic E-state index is 12.0. The first-order chi connectivity index (χ1) is 7.99. The Balaban J connectivity index is 2.82. The molecular formula is C12H18N2O3. The summed E-state index contributed by atoms with van der Waals surface area (Å²) in [6.07, 6.45) is 6.81. The van der Waals surface area contributed by atoms with Crippen molar-refractivity contribution < 1.29 is 14.7 Å². The minimum Gasteiger partial charge on any atom is -0.480 e. The quantitative estimate of drug-likeness (QED) is 0.726. The van der Waals surface area contributed by atoms with Crippen LogP contribution in [-0.4, -0.2) is 53.1 Å². The van der Waals surface area contributed by atoms with Crippen LogP contribution in [0.3, 0.4) is 0 Å². The number of urea groups is 1. The second-order valence-corrected chi connectivity index (χ2v) is 4.44. The van der Waals surface area contributed by atoms with Crippen LogP contribution in [0.1, 0.15) is 19.8 Å². The average molecular weight is 238 g/mol. The summed E-state index contributed by atoms with van der Waals surface area (Å²) in [6, 6.07) is -1.04. The third-order valence-corrected chi connectivity index (χ3v) is 3.09. The monoisotopic (exact) mass is 238 g/mol. The molecule has 0 bridgehead atoms. The first kappa shape index (κ1) is 13.4. The number of carbonyl (C=O) groups is 2. The molecule has 0 radical (unpaired) electrons. The lowest BCUT2D eigenvalue weighted by Gasteiger charge is -2.38. The van der Waals surface area contributed by atoms with Gasteiger partial charge in [-0.2, -0.15) is 0 Å². The molecule has 17 heavy (non-hydrogen) atoms. The molecule has 0 aromatic rings. The van der Waals surface area contributed by atoms with E-state index in [2.05, 4.69) is 5.92 Å². The van der Waals surface area contributed by atoms with Crippen molar-refractivity contribution in [2.24, 2.45) is 5.92 Å². The highest BCUT2D eigenvalue weighted by Gasteiger charge is 2.37. The van der Waals surface area contributed by atoms with Gasteiger partial charge in [-0.25, -0.2) is 9.59 Å². The smallest absolute Gasteiger partial charge is 0.326 e. The Morgan fingerprint density at radius 1 is 1.59 bits per heavy atom. The zero-order chi connectivity index (χ0) is 13.0. The molecule has 5 heteroatoms. The van der Waals surface area contributed by atoms with E-state index < -0.39 is 12.0 Å². The Bertz CT molecular complexity index is 348. The number of likely N-dealkylation sites (tertiary alicyclic amines) is 1. The number of carboxylic acid groups (broad SMARTS) is 1. The van der Waals surface area contributed by atoms with Crippen LogP contribution in [0.25, 0.3) is 0 Å². The van der Waals surface area contributed by atoms with E-state index in [0.717, 1.165) is 12.8 Å². The van der Waals surface area contributed by atoms with Crippen LogP contribution in [0, 0.1) is 18.3 Å². The summed E-state index contributed by atoms with van der Waals surface area (Å²) >= 11 is 0. The third-order valence-electron chi connectivity index (χ3n) is 3.09. The second-order valence-electron chi connectivity index (χ2n) is 4.44. The van der Waals surface area contributed by atoms with Gasteiger partial charge in [0.05, 0.1) is 6.54 Å². The summed E-state index contributed by atoms with van der Waals surface area (Å²) in [7, 11) is 1.58. The fourth-order valence-corrected chi connectivity index (χ4v) is 2.20. The van der Waals surface area contributed by atoms with E-state index in [1.165, 1.54) is 9.80 Å². The Labute approximate surface area is 101 Å². The molecule has 2 atom stereocenters. The summed E-state index contributed by atoms with van der Waals surface area (Å²) in [5.74, 6) is 1.41. The predicted molar refractivity (Wildman–Crippen MR) is 63.4 cm³/mol. The van der Waals surface area contributed by atoms with Gasteiger partial charge in [0.1, 0.15) is 6.04 Å². The number of carboxylic acids is 1. The second kappa shape index (κ2) is 5.58. The molecule has 0 spiro atoms. The van der Waals surface area contributed by atoms with Gasteiger partial charge in [-0.3, -0.25) is 0 Å². The number of hydrogen-bond acceptors (Lipinski definition) is 2. The lowest BCUT2D eigenvalue weighted by Crippen LogP contribution is -2.55. The maximum Gasteiger partial charge on any atom is 0.326 e. The van der Waals surface area contributed by atoms with Crippen molar-refractivity contribution in [2.75, 3.05) is 20.1 Å². The van der Waals surface area contributed by atoms with Crippen molar-refractivity contribution in [3.8, 4) is 12.3 Å². The standard InChI is InChI=1S/C12H18N2O3/c1-4-7-13(3)12(17)14-8-5-6-9(2)10(14)11(15)16/h1,9-10H,5-8H2,2-3H3,(H,15,16). The number of nitrogens with zero attached hydrogens (tertiary/aromatic N) is 2. The average Bonchev–Trinajstić information content (AvgIpc) is 2.27. The number of terminal acetylenes is 1. The number of aliphatic carboxylic acids is 1. The predicted octanol–water partition coefficient (Wildman–Crippen LogP) is 0.857. The Morgan fingerprint density at radius 3 is 2.76 bits per heavy atom. The van der Waals surface area contributed by atoms with E-state index in [1.807, 2.05) is 6.92 Å². The van der Waals surface area contributed by atoms with E-state index in [9.17, 15) is 14.7 Å². The number of rotatable bonds is 2. The maximum absolute atomic E-state index is 12.0. The fraction of sp³-hybridized carbons (Fsp3) is 0.667. The van der Waals surface area contributed by atoms with Gasteiger partial charge < -0.3 is 14.9 Å². The van der Waals surface area contributed by atoms with E-state index in [1.54, 1.807) is 7.05 Å². The van der Waals surface area contributed by atoms with Gasteiger partial charge in [0, 0.05) is 13.6 Å². The van der Waals surface area contributed by atoms with E-state index in [0.29, 0.717) is 6.54 Å². The van der Waals surface area contributed by atoms with Crippen molar-refractivity contribution in [3.63, 3.8) is 0 Å². The van der Waals surface area contributed by atoms with Crippen LogP contribution in [0.4, 0.5) is 4.79 Å². The molecule has 0 aromatic carbocycles. The lowest BCUT2D eigenvalue weighted by atomic mass is 9.91.